The number of hydrogen-bond acceptors (Lipinski definition) is 4. The number of nitrogens with one attached hydrogen (secondary N) is 1. The van der Waals surface area contributed by atoms with Gasteiger partial charge >= 0.3 is 6.36 Å². The van der Waals surface area contributed by atoms with E-state index in [1.54, 1.807) is 36.3 Å². The molecule has 1 N–H and O–H groups in total. The molecule has 1 aliphatic carbocycles. The van der Waals surface area contributed by atoms with Crippen molar-refractivity contribution in [2.75, 3.05) is 18.9 Å². The molecule has 0 radical (unpaired) electrons. The summed E-state index contributed by atoms with van der Waals surface area (Å²) < 4.78 is 42.3. The number of alkyl halides is 3. The van der Waals surface area contributed by atoms with Crippen LogP contribution in [0.1, 0.15) is 37.3 Å². The molecule has 0 aliphatic heterocycles. The third kappa shape index (κ3) is 5.72. The second-order valence-corrected chi connectivity index (χ2v) is 7.01. The number of rotatable bonds is 7. The van der Waals surface area contributed by atoms with E-state index in [0.717, 1.165) is 18.4 Å². The molecule has 0 bridgehead atoms. The minimum absolute atomic E-state index is 0.149. The zero-order valence-corrected chi connectivity index (χ0v) is 15.6. The maximum absolute atomic E-state index is 12.4. The third-order valence-electron chi connectivity index (χ3n) is 4.63. The van der Waals surface area contributed by atoms with E-state index in [1.165, 1.54) is 25.0 Å². The molecule has 0 spiro atoms. The molecule has 28 heavy (non-hydrogen) atoms. The molecule has 9 heteroatoms. The molecule has 6 nitrogen and oxygen atoms in total. The number of ether oxygens (including phenoxy) is 1. The van der Waals surface area contributed by atoms with Crippen LogP contribution in [0.25, 0.3) is 0 Å². The standard InChI is InChI=1S/C19H23F3N4O2/c1-25(12-14-6-8-16(9-7-14)28-19(20,21)22)13-18(27)24-17-10-11-23-26(17)15-4-2-3-5-15/h6-11,15H,2-5,12-13H2,1H3,(H,24,27). The molecule has 3 rings (SSSR count). The Morgan fingerprint density at radius 3 is 2.57 bits per heavy atom. The Labute approximate surface area is 161 Å². The second kappa shape index (κ2) is 8.64. The number of hydrogen-bond donors (Lipinski definition) is 1. The van der Waals surface area contributed by atoms with E-state index in [-0.39, 0.29) is 18.2 Å². The molecule has 1 saturated carbocycles. The van der Waals surface area contributed by atoms with Gasteiger partial charge in [0.15, 0.2) is 0 Å². The summed E-state index contributed by atoms with van der Waals surface area (Å²) in [6, 6.07) is 7.74. The summed E-state index contributed by atoms with van der Waals surface area (Å²) in [4.78, 5) is 14.1. The molecule has 1 fully saturated rings. The van der Waals surface area contributed by atoms with E-state index in [0.29, 0.717) is 18.4 Å². The van der Waals surface area contributed by atoms with Gasteiger partial charge in [-0.15, -0.1) is 13.2 Å². The molecular weight excluding hydrogens is 373 g/mol. The van der Waals surface area contributed by atoms with Crippen LogP contribution in [0.2, 0.25) is 0 Å². The minimum atomic E-state index is -4.71. The molecule has 2 aromatic rings. The quantitative estimate of drug-likeness (QED) is 0.770. The SMILES string of the molecule is CN(CC(=O)Nc1ccnn1C1CCCC1)Cc1ccc(OC(F)(F)F)cc1. The fourth-order valence-electron chi connectivity index (χ4n) is 3.44. The highest BCUT2D eigenvalue weighted by atomic mass is 19.4. The molecular formula is C19H23F3N4O2. The van der Waals surface area contributed by atoms with E-state index in [2.05, 4.69) is 15.2 Å². The number of carbonyl (C=O) groups is 1. The number of benzene rings is 1. The van der Waals surface area contributed by atoms with E-state index in [9.17, 15) is 18.0 Å². The highest BCUT2D eigenvalue weighted by Crippen LogP contribution is 2.31. The highest BCUT2D eigenvalue weighted by Gasteiger charge is 2.31. The zero-order chi connectivity index (χ0) is 20.1. The number of anilines is 1. The van der Waals surface area contributed by atoms with Crippen molar-refractivity contribution in [1.29, 1.82) is 0 Å². The van der Waals surface area contributed by atoms with Crippen molar-refractivity contribution in [3.63, 3.8) is 0 Å². The van der Waals surface area contributed by atoms with Gasteiger partial charge in [0, 0.05) is 12.6 Å². The lowest BCUT2D eigenvalue weighted by Gasteiger charge is -2.18. The number of carbonyl (C=O) groups excluding carboxylic acids is 1. The van der Waals surface area contributed by atoms with Crippen LogP contribution in [0.3, 0.4) is 0 Å². The van der Waals surface area contributed by atoms with Gasteiger partial charge in [-0.3, -0.25) is 9.69 Å². The summed E-state index contributed by atoms with van der Waals surface area (Å²) in [7, 11) is 1.77. The van der Waals surface area contributed by atoms with Crippen molar-refractivity contribution in [2.45, 2.75) is 44.6 Å². The van der Waals surface area contributed by atoms with Crippen molar-refractivity contribution in [3.05, 3.63) is 42.1 Å². The predicted molar refractivity (Wildman–Crippen MR) is 97.8 cm³/mol. The fourth-order valence-corrected chi connectivity index (χ4v) is 3.44. The Morgan fingerprint density at radius 2 is 1.93 bits per heavy atom. The highest BCUT2D eigenvalue weighted by molar-refractivity contribution is 5.91. The normalized spacial score (nSPS) is 15.2. The topological polar surface area (TPSA) is 59.4 Å². The van der Waals surface area contributed by atoms with E-state index in [1.807, 2.05) is 4.68 Å². The van der Waals surface area contributed by atoms with Gasteiger partial charge in [-0.1, -0.05) is 25.0 Å². The maximum atomic E-state index is 12.4. The van der Waals surface area contributed by atoms with Crippen LogP contribution in [-0.4, -0.2) is 40.5 Å². The van der Waals surface area contributed by atoms with Crippen LogP contribution in [0.5, 0.6) is 5.75 Å². The van der Waals surface area contributed by atoms with Gasteiger partial charge in [0.2, 0.25) is 5.91 Å². The first-order valence-corrected chi connectivity index (χ1v) is 9.17. The van der Waals surface area contributed by atoms with E-state index >= 15 is 0 Å². The molecule has 1 heterocycles. The average Bonchev–Trinajstić information content (AvgIpc) is 3.26. The summed E-state index contributed by atoms with van der Waals surface area (Å²) in [6.45, 7) is 0.568. The monoisotopic (exact) mass is 396 g/mol. The van der Waals surface area contributed by atoms with Crippen molar-refractivity contribution >= 4 is 11.7 Å². The lowest BCUT2D eigenvalue weighted by atomic mass is 10.2. The number of amides is 1. The smallest absolute Gasteiger partial charge is 0.406 e. The minimum Gasteiger partial charge on any atom is -0.406 e. The Morgan fingerprint density at radius 1 is 1.25 bits per heavy atom. The van der Waals surface area contributed by atoms with Crippen molar-refractivity contribution in [1.82, 2.24) is 14.7 Å². The maximum Gasteiger partial charge on any atom is 0.573 e. The summed E-state index contributed by atoms with van der Waals surface area (Å²) >= 11 is 0. The van der Waals surface area contributed by atoms with Gasteiger partial charge < -0.3 is 10.1 Å². The van der Waals surface area contributed by atoms with E-state index < -0.39 is 6.36 Å². The molecule has 1 aliphatic rings. The Bertz CT molecular complexity index is 783. The van der Waals surface area contributed by atoms with Gasteiger partial charge in [-0.05, 0) is 37.6 Å². The molecule has 1 aromatic heterocycles. The van der Waals surface area contributed by atoms with Gasteiger partial charge in [0.1, 0.15) is 11.6 Å². The first-order chi connectivity index (χ1) is 13.3. The third-order valence-corrected chi connectivity index (χ3v) is 4.63. The Kier molecular flexibility index (Phi) is 6.23. The lowest BCUT2D eigenvalue weighted by molar-refractivity contribution is -0.274. The summed E-state index contributed by atoms with van der Waals surface area (Å²) in [5.74, 6) is 0.259. The zero-order valence-electron chi connectivity index (χ0n) is 15.6. The molecule has 0 atom stereocenters. The number of aromatic nitrogens is 2. The van der Waals surface area contributed by atoms with Crippen LogP contribution in [-0.2, 0) is 11.3 Å². The van der Waals surface area contributed by atoms with Crippen LogP contribution in [0.4, 0.5) is 19.0 Å². The van der Waals surface area contributed by atoms with Gasteiger partial charge in [0.25, 0.3) is 0 Å². The van der Waals surface area contributed by atoms with E-state index in [4.69, 9.17) is 0 Å². The van der Waals surface area contributed by atoms with Gasteiger partial charge in [0.05, 0.1) is 18.8 Å². The number of likely N-dealkylation sites (N-methyl/N-ethyl adjacent to an activating group) is 1. The number of nitrogens with zero attached hydrogens (tertiary/aromatic N) is 3. The predicted octanol–water partition coefficient (Wildman–Crippen LogP) is 3.97. The Hall–Kier alpha value is -2.55. The van der Waals surface area contributed by atoms with Crippen molar-refractivity contribution < 1.29 is 22.7 Å². The summed E-state index contributed by atoms with van der Waals surface area (Å²) in [6.07, 6.45) is 1.46. The van der Waals surface area contributed by atoms with Gasteiger partial charge in [-0.2, -0.15) is 5.10 Å². The van der Waals surface area contributed by atoms with Crippen molar-refractivity contribution in [3.8, 4) is 5.75 Å². The Balaban J connectivity index is 1.50. The average molecular weight is 396 g/mol. The first-order valence-electron chi connectivity index (χ1n) is 9.17. The molecule has 1 amide bonds. The van der Waals surface area contributed by atoms with Crippen LogP contribution >= 0.6 is 0 Å². The lowest BCUT2D eigenvalue weighted by Crippen LogP contribution is -2.30. The summed E-state index contributed by atoms with van der Waals surface area (Å²) in [5.41, 5.74) is 0.779. The fraction of sp³-hybridized carbons (Fsp3) is 0.474. The first kappa shape index (κ1) is 20.2. The van der Waals surface area contributed by atoms with Crippen molar-refractivity contribution in [2.24, 2.45) is 0 Å². The van der Waals surface area contributed by atoms with Crippen LogP contribution in [0, 0.1) is 0 Å². The molecule has 152 valence electrons. The van der Waals surface area contributed by atoms with Gasteiger partial charge in [-0.25, -0.2) is 4.68 Å². The van der Waals surface area contributed by atoms with Crippen LogP contribution < -0.4 is 10.1 Å². The number of halogens is 3. The van der Waals surface area contributed by atoms with Crippen LogP contribution in [0.15, 0.2) is 36.5 Å². The largest absolute Gasteiger partial charge is 0.573 e. The summed E-state index contributed by atoms with van der Waals surface area (Å²) in [5, 5.41) is 7.22. The molecule has 0 saturated heterocycles. The second-order valence-electron chi connectivity index (χ2n) is 7.01. The molecule has 1 aromatic carbocycles. The molecule has 0 unspecified atom stereocenters.